The molecule has 3 N–H and O–H groups in total. The summed E-state index contributed by atoms with van der Waals surface area (Å²) in [6, 6.07) is 17.6. The highest BCUT2D eigenvalue weighted by Gasteiger charge is 2.20. The zero-order chi connectivity index (χ0) is 20.6. The van der Waals surface area contributed by atoms with Crippen molar-refractivity contribution in [2.45, 2.75) is 38.8 Å². The second kappa shape index (κ2) is 9.69. The van der Waals surface area contributed by atoms with Gasteiger partial charge in [0.2, 0.25) is 11.8 Å². The van der Waals surface area contributed by atoms with E-state index in [1.54, 1.807) is 24.3 Å². The molecule has 0 heterocycles. The zero-order valence-electron chi connectivity index (χ0n) is 16.5. The first-order chi connectivity index (χ1) is 13.2. The lowest BCUT2D eigenvalue weighted by atomic mass is 10.0. The number of hydrogen-bond donors (Lipinski definition) is 3. The number of carbonyl (C=O) groups is 3. The Kier molecular flexibility index (Phi) is 7.32. The van der Waals surface area contributed by atoms with Gasteiger partial charge in [-0.25, -0.2) is 0 Å². The van der Waals surface area contributed by atoms with Crippen LogP contribution in [0.5, 0.6) is 0 Å². The molecule has 6 heteroatoms. The molecular formula is C22H27N3O3. The third kappa shape index (κ3) is 7.23. The van der Waals surface area contributed by atoms with E-state index in [1.807, 2.05) is 57.2 Å². The van der Waals surface area contributed by atoms with E-state index in [2.05, 4.69) is 16.0 Å². The third-order valence-electron chi connectivity index (χ3n) is 3.89. The first-order valence-corrected chi connectivity index (χ1v) is 9.23. The molecule has 28 heavy (non-hydrogen) atoms. The summed E-state index contributed by atoms with van der Waals surface area (Å²) in [5.74, 6) is -0.829. The van der Waals surface area contributed by atoms with Gasteiger partial charge in [-0.1, -0.05) is 48.5 Å². The molecule has 0 aliphatic rings. The largest absolute Gasteiger partial charge is 0.350 e. The Balaban J connectivity index is 2.01. The minimum atomic E-state index is -0.500. The van der Waals surface area contributed by atoms with Gasteiger partial charge in [-0.2, -0.15) is 0 Å². The predicted molar refractivity (Wildman–Crippen MR) is 109 cm³/mol. The van der Waals surface area contributed by atoms with Gasteiger partial charge in [0, 0.05) is 11.1 Å². The lowest BCUT2D eigenvalue weighted by molar-refractivity contribution is -0.127. The van der Waals surface area contributed by atoms with Crippen LogP contribution in [0.2, 0.25) is 0 Å². The first kappa shape index (κ1) is 21.2. The van der Waals surface area contributed by atoms with E-state index in [4.69, 9.17) is 0 Å². The molecule has 0 aromatic heterocycles. The van der Waals surface area contributed by atoms with E-state index in [1.165, 1.54) is 0 Å². The molecule has 6 nitrogen and oxygen atoms in total. The summed E-state index contributed by atoms with van der Waals surface area (Å²) in [5, 5.41) is 8.31. The van der Waals surface area contributed by atoms with Crippen LogP contribution in [0, 0.1) is 0 Å². The number of rotatable bonds is 7. The summed E-state index contributed by atoms with van der Waals surface area (Å²) < 4.78 is 0. The maximum Gasteiger partial charge on any atom is 0.251 e. The van der Waals surface area contributed by atoms with Crippen molar-refractivity contribution >= 4 is 17.7 Å². The van der Waals surface area contributed by atoms with Gasteiger partial charge in [-0.15, -0.1) is 0 Å². The maximum absolute atomic E-state index is 12.5. The maximum atomic E-state index is 12.5. The van der Waals surface area contributed by atoms with E-state index >= 15 is 0 Å². The van der Waals surface area contributed by atoms with Crippen molar-refractivity contribution in [1.82, 2.24) is 16.0 Å². The minimum Gasteiger partial charge on any atom is -0.350 e. The van der Waals surface area contributed by atoms with Crippen LogP contribution in [-0.4, -0.2) is 29.8 Å². The molecule has 148 valence electrons. The van der Waals surface area contributed by atoms with Crippen molar-refractivity contribution in [2.24, 2.45) is 0 Å². The Morgan fingerprint density at radius 3 is 2.00 bits per heavy atom. The van der Waals surface area contributed by atoms with E-state index in [9.17, 15) is 14.4 Å². The molecule has 2 aromatic rings. The standard InChI is InChI=1S/C22H27N3O3/c1-22(2,3)25-20(27)15-23-19(26)14-18(16-10-6-4-7-11-16)24-21(28)17-12-8-5-9-13-17/h4-13,18H,14-15H2,1-3H3,(H,23,26)(H,24,28)(H,25,27). The van der Waals surface area contributed by atoms with Gasteiger partial charge in [0.15, 0.2) is 0 Å². The molecule has 2 aromatic carbocycles. The summed E-state index contributed by atoms with van der Waals surface area (Å²) in [6.45, 7) is 5.51. The lowest BCUT2D eigenvalue weighted by Gasteiger charge is -2.21. The van der Waals surface area contributed by atoms with Gasteiger partial charge >= 0.3 is 0 Å². The topological polar surface area (TPSA) is 87.3 Å². The smallest absolute Gasteiger partial charge is 0.251 e. The Morgan fingerprint density at radius 1 is 0.857 bits per heavy atom. The van der Waals surface area contributed by atoms with Crippen molar-refractivity contribution in [1.29, 1.82) is 0 Å². The Bertz CT molecular complexity index is 799. The fourth-order valence-corrected chi connectivity index (χ4v) is 2.67. The molecular weight excluding hydrogens is 354 g/mol. The molecule has 3 amide bonds. The molecule has 0 aliphatic heterocycles. The van der Waals surface area contributed by atoms with Crippen LogP contribution in [0.15, 0.2) is 60.7 Å². The minimum absolute atomic E-state index is 0.0331. The first-order valence-electron chi connectivity index (χ1n) is 9.23. The van der Waals surface area contributed by atoms with Crippen LogP contribution in [-0.2, 0) is 9.59 Å². The SMILES string of the molecule is CC(C)(C)NC(=O)CNC(=O)CC(NC(=O)c1ccccc1)c1ccccc1. The molecule has 0 spiro atoms. The number of carbonyl (C=O) groups excluding carboxylic acids is 3. The monoisotopic (exact) mass is 381 g/mol. The highest BCUT2D eigenvalue weighted by molar-refractivity contribution is 5.94. The van der Waals surface area contributed by atoms with Crippen molar-refractivity contribution in [3.8, 4) is 0 Å². The Labute approximate surface area is 165 Å². The molecule has 0 radical (unpaired) electrons. The molecule has 0 fully saturated rings. The fraction of sp³-hybridized carbons (Fsp3) is 0.318. The van der Waals surface area contributed by atoms with Gasteiger partial charge in [-0.3, -0.25) is 14.4 Å². The number of nitrogens with one attached hydrogen (secondary N) is 3. The van der Waals surface area contributed by atoms with Crippen LogP contribution >= 0.6 is 0 Å². The van der Waals surface area contributed by atoms with E-state index in [0.29, 0.717) is 5.56 Å². The van der Waals surface area contributed by atoms with Crippen LogP contribution in [0.4, 0.5) is 0 Å². The molecule has 1 atom stereocenters. The van der Waals surface area contributed by atoms with E-state index in [0.717, 1.165) is 5.56 Å². The highest BCUT2D eigenvalue weighted by atomic mass is 16.2. The van der Waals surface area contributed by atoms with Gasteiger partial charge in [0.1, 0.15) is 0 Å². The quantitative estimate of drug-likeness (QED) is 0.689. The zero-order valence-corrected chi connectivity index (χ0v) is 16.5. The fourth-order valence-electron chi connectivity index (χ4n) is 2.67. The summed E-state index contributed by atoms with van der Waals surface area (Å²) in [4.78, 5) is 36.8. The van der Waals surface area contributed by atoms with Gasteiger partial charge in [-0.05, 0) is 38.5 Å². The predicted octanol–water partition coefficient (Wildman–Crippen LogP) is 2.58. The van der Waals surface area contributed by atoms with Crippen molar-refractivity contribution in [3.63, 3.8) is 0 Å². The van der Waals surface area contributed by atoms with Crippen LogP contribution < -0.4 is 16.0 Å². The molecule has 0 saturated carbocycles. The number of amides is 3. The lowest BCUT2D eigenvalue weighted by Crippen LogP contribution is -2.46. The van der Waals surface area contributed by atoms with E-state index in [-0.39, 0.29) is 36.2 Å². The van der Waals surface area contributed by atoms with Crippen molar-refractivity contribution in [3.05, 3.63) is 71.8 Å². The molecule has 0 bridgehead atoms. The van der Waals surface area contributed by atoms with Gasteiger partial charge in [0.25, 0.3) is 5.91 Å². The number of hydrogen-bond acceptors (Lipinski definition) is 3. The molecule has 2 rings (SSSR count). The van der Waals surface area contributed by atoms with Crippen molar-refractivity contribution in [2.75, 3.05) is 6.54 Å². The third-order valence-corrected chi connectivity index (χ3v) is 3.89. The normalized spacial score (nSPS) is 12.0. The summed E-state index contributed by atoms with van der Waals surface area (Å²) in [7, 11) is 0. The molecule has 0 saturated heterocycles. The van der Waals surface area contributed by atoms with Gasteiger partial charge < -0.3 is 16.0 Å². The van der Waals surface area contributed by atoms with Crippen molar-refractivity contribution < 1.29 is 14.4 Å². The summed E-state index contributed by atoms with van der Waals surface area (Å²) >= 11 is 0. The average Bonchev–Trinajstić information content (AvgIpc) is 2.66. The second-order valence-electron chi connectivity index (χ2n) is 7.58. The van der Waals surface area contributed by atoms with E-state index < -0.39 is 6.04 Å². The van der Waals surface area contributed by atoms with Crippen LogP contribution in [0.25, 0.3) is 0 Å². The average molecular weight is 381 g/mol. The van der Waals surface area contributed by atoms with Gasteiger partial charge in [0.05, 0.1) is 19.0 Å². The Morgan fingerprint density at radius 2 is 1.43 bits per heavy atom. The summed E-state index contributed by atoms with van der Waals surface area (Å²) in [6.07, 6.45) is 0.0331. The summed E-state index contributed by atoms with van der Waals surface area (Å²) in [5.41, 5.74) is 0.979. The second-order valence-corrected chi connectivity index (χ2v) is 7.58. The number of benzene rings is 2. The highest BCUT2D eigenvalue weighted by Crippen LogP contribution is 2.17. The van der Waals surface area contributed by atoms with Crippen LogP contribution in [0.1, 0.15) is 49.2 Å². The molecule has 1 unspecified atom stereocenters. The molecule has 0 aliphatic carbocycles. The van der Waals surface area contributed by atoms with Crippen LogP contribution in [0.3, 0.4) is 0 Å². The Hall–Kier alpha value is -3.15.